The van der Waals surface area contributed by atoms with E-state index in [1.54, 1.807) is 24.2 Å². The van der Waals surface area contributed by atoms with E-state index >= 15 is 0 Å². The minimum absolute atomic E-state index is 0.0919. The third-order valence-corrected chi connectivity index (χ3v) is 5.76. The lowest BCUT2D eigenvalue weighted by Crippen LogP contribution is -2.49. The van der Waals surface area contributed by atoms with Gasteiger partial charge in [-0.05, 0) is 12.1 Å². The van der Waals surface area contributed by atoms with Crippen LogP contribution in [-0.4, -0.2) is 63.8 Å². The molecular formula is C24H24N6O2. The monoisotopic (exact) mass is 428 g/mol. The van der Waals surface area contributed by atoms with Gasteiger partial charge < -0.3 is 14.5 Å². The molecule has 0 saturated carbocycles. The number of benzene rings is 2. The SMILES string of the molecule is COc1ncc(-c2ccccc2N2CCN(C(=O)Cn3cc4ccccc4n3)CC2)cn1. The molecule has 1 aliphatic heterocycles. The summed E-state index contributed by atoms with van der Waals surface area (Å²) >= 11 is 0. The van der Waals surface area contributed by atoms with Gasteiger partial charge >= 0.3 is 6.01 Å². The Morgan fingerprint density at radius 1 is 0.969 bits per heavy atom. The standard InChI is InChI=1S/C24H24N6O2/c1-32-24-25-14-19(15-26-24)20-7-3-5-9-22(20)28-10-12-29(13-11-28)23(31)17-30-16-18-6-2-4-8-21(18)27-30/h2-9,14-16H,10-13,17H2,1H3. The van der Waals surface area contributed by atoms with E-state index in [0.29, 0.717) is 19.1 Å². The van der Waals surface area contributed by atoms with Gasteiger partial charge in [0.05, 0.1) is 12.6 Å². The molecule has 1 fully saturated rings. The van der Waals surface area contributed by atoms with Crippen molar-refractivity contribution in [3.05, 3.63) is 67.1 Å². The molecule has 0 spiro atoms. The van der Waals surface area contributed by atoms with Crippen molar-refractivity contribution in [2.45, 2.75) is 6.54 Å². The summed E-state index contributed by atoms with van der Waals surface area (Å²) in [5, 5.41) is 5.55. The molecule has 0 unspecified atom stereocenters. The molecule has 8 nitrogen and oxygen atoms in total. The molecule has 0 atom stereocenters. The van der Waals surface area contributed by atoms with Crippen molar-refractivity contribution in [2.24, 2.45) is 0 Å². The second kappa shape index (κ2) is 8.66. The van der Waals surface area contributed by atoms with Gasteiger partial charge in [0, 0.05) is 67.0 Å². The third kappa shape index (κ3) is 3.99. The Morgan fingerprint density at radius 2 is 1.69 bits per heavy atom. The van der Waals surface area contributed by atoms with Crippen LogP contribution in [0.1, 0.15) is 0 Å². The molecular weight excluding hydrogens is 404 g/mol. The Bertz CT molecular complexity index is 1200. The first-order valence-corrected chi connectivity index (χ1v) is 10.6. The fourth-order valence-electron chi connectivity index (χ4n) is 4.09. The van der Waals surface area contributed by atoms with Crippen LogP contribution in [0.3, 0.4) is 0 Å². The van der Waals surface area contributed by atoms with Crippen LogP contribution < -0.4 is 9.64 Å². The van der Waals surface area contributed by atoms with Crippen molar-refractivity contribution in [1.29, 1.82) is 0 Å². The van der Waals surface area contributed by atoms with Crippen LogP contribution in [0.25, 0.3) is 22.0 Å². The molecule has 4 aromatic rings. The average molecular weight is 428 g/mol. The van der Waals surface area contributed by atoms with E-state index in [0.717, 1.165) is 40.8 Å². The van der Waals surface area contributed by atoms with Crippen molar-refractivity contribution in [2.75, 3.05) is 38.2 Å². The average Bonchev–Trinajstić information content (AvgIpc) is 3.26. The summed E-state index contributed by atoms with van der Waals surface area (Å²) in [6.07, 6.45) is 5.48. The van der Waals surface area contributed by atoms with E-state index < -0.39 is 0 Å². The Morgan fingerprint density at radius 3 is 2.44 bits per heavy atom. The van der Waals surface area contributed by atoms with Crippen molar-refractivity contribution >= 4 is 22.5 Å². The lowest BCUT2D eigenvalue weighted by Gasteiger charge is -2.37. The Kier molecular flexibility index (Phi) is 5.41. The number of amides is 1. The van der Waals surface area contributed by atoms with Gasteiger partial charge in [0.25, 0.3) is 0 Å². The van der Waals surface area contributed by atoms with Gasteiger partial charge in [-0.1, -0.05) is 36.4 Å². The number of hydrogen-bond acceptors (Lipinski definition) is 6. The van der Waals surface area contributed by atoms with Crippen molar-refractivity contribution in [3.63, 3.8) is 0 Å². The van der Waals surface area contributed by atoms with Crippen LogP contribution in [-0.2, 0) is 11.3 Å². The van der Waals surface area contributed by atoms with E-state index in [9.17, 15) is 4.79 Å². The predicted molar refractivity (Wildman–Crippen MR) is 123 cm³/mol. The number of anilines is 1. The highest BCUT2D eigenvalue weighted by Gasteiger charge is 2.23. The number of ether oxygens (including phenoxy) is 1. The Hall–Kier alpha value is -3.94. The predicted octanol–water partition coefficient (Wildman–Crippen LogP) is 2.85. The Balaban J connectivity index is 1.26. The zero-order valence-corrected chi connectivity index (χ0v) is 17.9. The van der Waals surface area contributed by atoms with E-state index in [2.05, 4.69) is 32.1 Å². The summed E-state index contributed by atoms with van der Waals surface area (Å²) in [5.74, 6) is 0.0919. The fraction of sp³-hybridized carbons (Fsp3) is 0.250. The smallest absolute Gasteiger partial charge is 0.316 e. The maximum absolute atomic E-state index is 12.9. The minimum Gasteiger partial charge on any atom is -0.467 e. The molecule has 1 amide bonds. The van der Waals surface area contributed by atoms with Crippen molar-refractivity contribution < 1.29 is 9.53 Å². The number of methoxy groups -OCH3 is 1. The summed E-state index contributed by atoms with van der Waals surface area (Å²) in [6, 6.07) is 16.5. The summed E-state index contributed by atoms with van der Waals surface area (Å²) < 4.78 is 6.80. The molecule has 8 heteroatoms. The number of rotatable bonds is 5. The van der Waals surface area contributed by atoms with E-state index in [-0.39, 0.29) is 12.5 Å². The van der Waals surface area contributed by atoms with E-state index in [1.807, 2.05) is 47.5 Å². The van der Waals surface area contributed by atoms with Crippen LogP contribution in [0.4, 0.5) is 5.69 Å². The van der Waals surface area contributed by atoms with Crippen LogP contribution in [0.2, 0.25) is 0 Å². The molecule has 5 rings (SSSR count). The van der Waals surface area contributed by atoms with Crippen molar-refractivity contribution in [3.8, 4) is 17.1 Å². The van der Waals surface area contributed by atoms with Gasteiger partial charge in [0.2, 0.25) is 5.91 Å². The normalized spacial score (nSPS) is 14.0. The van der Waals surface area contributed by atoms with Gasteiger partial charge in [-0.25, -0.2) is 9.97 Å². The van der Waals surface area contributed by atoms with Crippen LogP contribution in [0.5, 0.6) is 6.01 Å². The topological polar surface area (TPSA) is 76.4 Å². The zero-order valence-electron chi connectivity index (χ0n) is 17.9. The molecule has 0 bridgehead atoms. The molecule has 32 heavy (non-hydrogen) atoms. The van der Waals surface area contributed by atoms with E-state index in [1.165, 1.54) is 0 Å². The molecule has 1 saturated heterocycles. The maximum atomic E-state index is 12.9. The Labute approximate surface area is 186 Å². The summed E-state index contributed by atoms with van der Waals surface area (Å²) in [7, 11) is 1.55. The summed E-state index contributed by atoms with van der Waals surface area (Å²) in [5.41, 5.74) is 4.03. The largest absolute Gasteiger partial charge is 0.467 e. The number of para-hydroxylation sites is 1. The maximum Gasteiger partial charge on any atom is 0.316 e. The molecule has 0 N–H and O–H groups in total. The number of carbonyl (C=O) groups excluding carboxylic acids is 1. The molecule has 0 radical (unpaired) electrons. The number of aromatic nitrogens is 4. The highest BCUT2D eigenvalue weighted by atomic mass is 16.5. The first-order chi connectivity index (χ1) is 15.7. The van der Waals surface area contributed by atoms with Crippen LogP contribution in [0.15, 0.2) is 67.1 Å². The second-order valence-electron chi connectivity index (χ2n) is 7.73. The molecule has 3 heterocycles. The van der Waals surface area contributed by atoms with Gasteiger partial charge in [0.1, 0.15) is 6.54 Å². The number of nitrogens with zero attached hydrogens (tertiary/aromatic N) is 6. The first-order valence-electron chi connectivity index (χ1n) is 10.6. The third-order valence-electron chi connectivity index (χ3n) is 5.76. The van der Waals surface area contributed by atoms with Crippen LogP contribution >= 0.6 is 0 Å². The highest BCUT2D eigenvalue weighted by molar-refractivity contribution is 5.81. The molecule has 1 aliphatic rings. The lowest BCUT2D eigenvalue weighted by atomic mass is 10.1. The lowest BCUT2D eigenvalue weighted by molar-refractivity contribution is -0.132. The summed E-state index contributed by atoms with van der Waals surface area (Å²) in [6.45, 7) is 3.14. The zero-order chi connectivity index (χ0) is 21.9. The highest BCUT2D eigenvalue weighted by Crippen LogP contribution is 2.31. The fourth-order valence-corrected chi connectivity index (χ4v) is 4.09. The molecule has 0 aliphatic carbocycles. The van der Waals surface area contributed by atoms with Gasteiger partial charge in [-0.15, -0.1) is 0 Å². The molecule has 162 valence electrons. The van der Waals surface area contributed by atoms with Gasteiger partial charge in [0.15, 0.2) is 0 Å². The minimum atomic E-state index is 0.0919. The van der Waals surface area contributed by atoms with E-state index in [4.69, 9.17) is 4.74 Å². The van der Waals surface area contributed by atoms with Crippen LogP contribution in [0, 0.1) is 0 Å². The number of fused-ring (bicyclic) bond motifs is 1. The summed E-state index contributed by atoms with van der Waals surface area (Å²) in [4.78, 5) is 25.6. The quantitative estimate of drug-likeness (QED) is 0.487. The van der Waals surface area contributed by atoms with Crippen molar-refractivity contribution in [1.82, 2.24) is 24.6 Å². The number of hydrogen-bond donors (Lipinski definition) is 0. The molecule has 2 aromatic heterocycles. The number of piperazine rings is 1. The van der Waals surface area contributed by atoms with Gasteiger partial charge in [-0.2, -0.15) is 5.10 Å². The first kappa shape index (κ1) is 20.0. The van der Waals surface area contributed by atoms with Gasteiger partial charge in [-0.3, -0.25) is 9.48 Å². The second-order valence-corrected chi connectivity index (χ2v) is 7.73. The molecule has 2 aromatic carbocycles. The number of carbonyl (C=O) groups is 1.